The lowest BCUT2D eigenvalue weighted by Crippen LogP contribution is -2.31. The third kappa shape index (κ3) is 4.48. The fourth-order valence-corrected chi connectivity index (χ4v) is 1.56. The number of aromatic nitrogens is 1. The molecule has 0 saturated heterocycles. The van der Waals surface area contributed by atoms with Crippen LogP contribution >= 0.6 is 0 Å². The molecule has 1 unspecified atom stereocenters. The van der Waals surface area contributed by atoms with Crippen molar-refractivity contribution in [3.05, 3.63) is 29.6 Å². The fraction of sp³-hybridized carbons (Fsp3) is 0.455. The molecule has 1 atom stereocenters. The van der Waals surface area contributed by atoms with E-state index in [2.05, 4.69) is 4.98 Å². The minimum atomic E-state index is -0.412. The Morgan fingerprint density at radius 2 is 2.35 bits per heavy atom. The van der Waals surface area contributed by atoms with Crippen LogP contribution < -0.4 is 11.3 Å². The summed E-state index contributed by atoms with van der Waals surface area (Å²) in [4.78, 5) is 17.4. The first-order valence-corrected chi connectivity index (χ1v) is 5.36. The van der Waals surface area contributed by atoms with Gasteiger partial charge in [0.1, 0.15) is 5.69 Å². The number of pyridine rings is 1. The van der Waals surface area contributed by atoms with Crippen molar-refractivity contribution in [3.63, 3.8) is 0 Å². The van der Waals surface area contributed by atoms with E-state index in [4.69, 9.17) is 5.84 Å². The summed E-state index contributed by atoms with van der Waals surface area (Å²) in [6, 6.07) is 5.18. The van der Waals surface area contributed by atoms with Gasteiger partial charge >= 0.3 is 0 Å². The van der Waals surface area contributed by atoms with Gasteiger partial charge < -0.3 is 5.11 Å². The number of rotatable bonds is 5. The maximum atomic E-state index is 11.3. The SMILES string of the molecule is CC(O)CN(C)Cc1cccc(C(=O)NN)n1. The summed E-state index contributed by atoms with van der Waals surface area (Å²) in [7, 11) is 1.88. The van der Waals surface area contributed by atoms with Gasteiger partial charge in [0.05, 0.1) is 11.8 Å². The molecule has 1 aromatic heterocycles. The lowest BCUT2D eigenvalue weighted by atomic mass is 10.2. The minimum absolute atomic E-state index is 0.287. The Balaban J connectivity index is 2.68. The topological polar surface area (TPSA) is 91.5 Å². The van der Waals surface area contributed by atoms with E-state index in [1.807, 2.05) is 23.4 Å². The van der Waals surface area contributed by atoms with Crippen molar-refractivity contribution < 1.29 is 9.90 Å². The molecule has 1 rings (SSSR count). The standard InChI is InChI=1S/C11H18N4O2/c1-8(16)6-15(2)7-9-4-3-5-10(13-9)11(17)14-12/h3-5,8,16H,6-7,12H2,1-2H3,(H,14,17). The van der Waals surface area contributed by atoms with Crippen LogP contribution in [-0.4, -0.2) is 40.6 Å². The van der Waals surface area contributed by atoms with Crippen LogP contribution in [0.3, 0.4) is 0 Å². The third-order valence-corrected chi connectivity index (χ3v) is 2.18. The molecule has 6 heteroatoms. The van der Waals surface area contributed by atoms with Crippen LogP contribution in [-0.2, 0) is 6.54 Å². The van der Waals surface area contributed by atoms with Crippen molar-refractivity contribution in [2.24, 2.45) is 5.84 Å². The smallest absolute Gasteiger partial charge is 0.283 e. The predicted molar refractivity (Wildman–Crippen MR) is 63.9 cm³/mol. The number of carbonyl (C=O) groups is 1. The Labute approximate surface area is 100 Å². The molecule has 1 aromatic rings. The highest BCUT2D eigenvalue weighted by atomic mass is 16.3. The molecule has 1 heterocycles. The van der Waals surface area contributed by atoms with Gasteiger partial charge in [-0.15, -0.1) is 0 Å². The van der Waals surface area contributed by atoms with Crippen molar-refractivity contribution in [2.75, 3.05) is 13.6 Å². The number of hydrazine groups is 1. The quantitative estimate of drug-likeness (QED) is 0.365. The number of hydrogen-bond donors (Lipinski definition) is 3. The molecule has 0 spiro atoms. The number of carbonyl (C=O) groups excluding carboxylic acids is 1. The molecule has 0 fully saturated rings. The van der Waals surface area contributed by atoms with Gasteiger partial charge in [-0.05, 0) is 26.1 Å². The summed E-state index contributed by atoms with van der Waals surface area (Å²) in [6.07, 6.45) is -0.393. The molecule has 4 N–H and O–H groups in total. The molecule has 0 bridgehead atoms. The van der Waals surface area contributed by atoms with E-state index in [9.17, 15) is 9.90 Å². The average Bonchev–Trinajstić information content (AvgIpc) is 2.27. The van der Waals surface area contributed by atoms with Gasteiger partial charge in [-0.2, -0.15) is 0 Å². The monoisotopic (exact) mass is 238 g/mol. The summed E-state index contributed by atoms with van der Waals surface area (Å²) in [6.45, 7) is 2.84. The van der Waals surface area contributed by atoms with Crippen LogP contribution in [0.2, 0.25) is 0 Å². The Bertz CT molecular complexity index is 381. The molecule has 17 heavy (non-hydrogen) atoms. The van der Waals surface area contributed by atoms with Gasteiger partial charge in [0.15, 0.2) is 0 Å². The molecular weight excluding hydrogens is 220 g/mol. The number of hydrogen-bond acceptors (Lipinski definition) is 5. The molecule has 0 aromatic carbocycles. The minimum Gasteiger partial charge on any atom is -0.392 e. The molecule has 0 aliphatic rings. The van der Waals surface area contributed by atoms with Gasteiger partial charge in [0.25, 0.3) is 5.91 Å². The van der Waals surface area contributed by atoms with Gasteiger partial charge in [0.2, 0.25) is 0 Å². The highest BCUT2D eigenvalue weighted by molar-refractivity contribution is 5.91. The van der Waals surface area contributed by atoms with Crippen LogP contribution in [0.5, 0.6) is 0 Å². The molecule has 0 radical (unpaired) electrons. The van der Waals surface area contributed by atoms with E-state index in [1.54, 1.807) is 19.1 Å². The number of nitrogens with zero attached hydrogens (tertiary/aromatic N) is 2. The van der Waals surface area contributed by atoms with Crippen molar-refractivity contribution in [3.8, 4) is 0 Å². The first-order valence-electron chi connectivity index (χ1n) is 5.36. The highest BCUT2D eigenvalue weighted by Gasteiger charge is 2.08. The second-order valence-electron chi connectivity index (χ2n) is 4.03. The molecule has 0 aliphatic carbocycles. The number of likely N-dealkylation sites (N-methyl/N-ethyl adjacent to an activating group) is 1. The first kappa shape index (κ1) is 13.6. The molecular formula is C11H18N4O2. The van der Waals surface area contributed by atoms with E-state index in [1.165, 1.54) is 0 Å². The third-order valence-electron chi connectivity index (χ3n) is 2.18. The van der Waals surface area contributed by atoms with Crippen molar-refractivity contribution in [2.45, 2.75) is 19.6 Å². The number of aliphatic hydroxyl groups excluding tert-OH is 1. The number of nitrogen functional groups attached to an aromatic ring is 1. The molecule has 1 amide bonds. The highest BCUT2D eigenvalue weighted by Crippen LogP contribution is 2.03. The van der Waals surface area contributed by atoms with E-state index < -0.39 is 12.0 Å². The van der Waals surface area contributed by atoms with Gasteiger partial charge in [-0.25, -0.2) is 10.8 Å². The van der Waals surface area contributed by atoms with Gasteiger partial charge in [-0.1, -0.05) is 6.07 Å². The molecule has 94 valence electrons. The van der Waals surface area contributed by atoms with E-state index >= 15 is 0 Å². The normalized spacial score (nSPS) is 12.5. The molecule has 6 nitrogen and oxygen atoms in total. The largest absolute Gasteiger partial charge is 0.392 e. The maximum Gasteiger partial charge on any atom is 0.283 e. The summed E-state index contributed by atoms with van der Waals surface area (Å²) >= 11 is 0. The Morgan fingerprint density at radius 3 is 2.94 bits per heavy atom. The fourth-order valence-electron chi connectivity index (χ4n) is 1.56. The van der Waals surface area contributed by atoms with Crippen LogP contribution in [0.25, 0.3) is 0 Å². The summed E-state index contributed by atoms with van der Waals surface area (Å²) < 4.78 is 0. The predicted octanol–water partition coefficient (Wildman–Crippen LogP) is -0.502. The molecule has 0 saturated carbocycles. The number of aliphatic hydroxyl groups is 1. The zero-order chi connectivity index (χ0) is 12.8. The van der Waals surface area contributed by atoms with E-state index in [-0.39, 0.29) is 5.69 Å². The zero-order valence-corrected chi connectivity index (χ0v) is 10.1. The molecule has 0 aliphatic heterocycles. The number of nitrogens with two attached hydrogens (primary N) is 1. The van der Waals surface area contributed by atoms with E-state index in [0.29, 0.717) is 13.1 Å². The second-order valence-corrected chi connectivity index (χ2v) is 4.03. The van der Waals surface area contributed by atoms with Crippen LogP contribution in [0.15, 0.2) is 18.2 Å². The summed E-state index contributed by atoms with van der Waals surface area (Å²) in [5.74, 6) is 4.63. The number of amides is 1. The van der Waals surface area contributed by atoms with Crippen LogP contribution in [0.4, 0.5) is 0 Å². The Morgan fingerprint density at radius 1 is 1.65 bits per heavy atom. The Hall–Kier alpha value is -1.50. The lowest BCUT2D eigenvalue weighted by Gasteiger charge is -2.17. The van der Waals surface area contributed by atoms with Crippen molar-refractivity contribution in [1.29, 1.82) is 0 Å². The lowest BCUT2D eigenvalue weighted by molar-refractivity contribution is 0.0947. The zero-order valence-electron chi connectivity index (χ0n) is 10.1. The Kier molecular flexibility index (Phi) is 5.02. The summed E-state index contributed by atoms with van der Waals surface area (Å²) in [5.41, 5.74) is 3.08. The van der Waals surface area contributed by atoms with Crippen molar-refractivity contribution >= 4 is 5.91 Å². The van der Waals surface area contributed by atoms with Gasteiger partial charge in [-0.3, -0.25) is 15.1 Å². The first-order chi connectivity index (χ1) is 8.02. The maximum absolute atomic E-state index is 11.3. The average molecular weight is 238 g/mol. The second kappa shape index (κ2) is 6.29. The number of nitrogens with one attached hydrogen (secondary N) is 1. The summed E-state index contributed by atoms with van der Waals surface area (Å²) in [5, 5.41) is 9.24. The van der Waals surface area contributed by atoms with Crippen LogP contribution in [0.1, 0.15) is 23.1 Å². The van der Waals surface area contributed by atoms with Crippen LogP contribution in [0, 0.1) is 0 Å². The van der Waals surface area contributed by atoms with E-state index in [0.717, 1.165) is 5.69 Å². The van der Waals surface area contributed by atoms with Crippen molar-refractivity contribution in [1.82, 2.24) is 15.3 Å². The van der Waals surface area contributed by atoms with Gasteiger partial charge in [0, 0.05) is 13.1 Å².